The van der Waals surface area contributed by atoms with E-state index in [9.17, 15) is 18.8 Å². The minimum atomic E-state index is -0.756. The third-order valence-electron chi connectivity index (χ3n) is 6.04. The number of anilines is 1. The van der Waals surface area contributed by atoms with E-state index in [1.54, 1.807) is 36.4 Å². The van der Waals surface area contributed by atoms with E-state index in [1.807, 2.05) is 24.3 Å². The molecule has 3 aromatic carbocycles. The van der Waals surface area contributed by atoms with E-state index in [0.29, 0.717) is 33.0 Å². The van der Waals surface area contributed by atoms with Crippen molar-refractivity contribution in [3.8, 4) is 0 Å². The molecular weight excluding hydrogens is 541 g/mol. The molecule has 0 aromatic heterocycles. The first-order chi connectivity index (χ1) is 18.9. The van der Waals surface area contributed by atoms with Crippen LogP contribution in [0, 0.1) is 5.82 Å². The van der Waals surface area contributed by atoms with Gasteiger partial charge < -0.3 is 10.6 Å². The van der Waals surface area contributed by atoms with E-state index in [1.165, 1.54) is 17.0 Å². The van der Waals surface area contributed by atoms with Gasteiger partial charge >= 0.3 is 0 Å². The highest BCUT2D eigenvalue weighted by atomic mass is 35.5. The summed E-state index contributed by atoms with van der Waals surface area (Å²) >= 11 is 7.12. The van der Waals surface area contributed by atoms with Crippen molar-refractivity contribution in [3.63, 3.8) is 0 Å². The number of rotatable bonds is 8. The number of halogens is 2. The Labute approximate surface area is 233 Å². The lowest BCUT2D eigenvalue weighted by Crippen LogP contribution is -2.41. The van der Waals surface area contributed by atoms with Crippen molar-refractivity contribution in [1.82, 2.24) is 10.2 Å². The minimum absolute atomic E-state index is 0.0149. The van der Waals surface area contributed by atoms with Crippen LogP contribution in [0.5, 0.6) is 0 Å². The van der Waals surface area contributed by atoms with Crippen LogP contribution in [-0.4, -0.2) is 45.4 Å². The van der Waals surface area contributed by atoms with Crippen molar-refractivity contribution in [2.24, 2.45) is 9.98 Å². The second-order valence-electron chi connectivity index (χ2n) is 8.84. The van der Waals surface area contributed by atoms with Gasteiger partial charge in [-0.15, -0.1) is 0 Å². The lowest BCUT2D eigenvalue weighted by Gasteiger charge is -2.25. The summed E-state index contributed by atoms with van der Waals surface area (Å²) in [6.45, 7) is 0.260. The number of nitrogens with one attached hydrogen (secondary N) is 2. The molecule has 8 nitrogen and oxygen atoms in total. The summed E-state index contributed by atoms with van der Waals surface area (Å²) in [5.41, 5.74) is 2.70. The van der Waals surface area contributed by atoms with E-state index in [2.05, 4.69) is 20.6 Å². The van der Waals surface area contributed by atoms with Gasteiger partial charge in [0.05, 0.1) is 11.4 Å². The van der Waals surface area contributed by atoms with E-state index < -0.39 is 6.04 Å². The zero-order valence-corrected chi connectivity index (χ0v) is 22.1. The van der Waals surface area contributed by atoms with Gasteiger partial charge in [0.2, 0.25) is 11.8 Å². The number of para-hydroxylation sites is 1. The van der Waals surface area contributed by atoms with Crippen LogP contribution in [0.25, 0.3) is 0 Å². The summed E-state index contributed by atoms with van der Waals surface area (Å²) in [6, 6.07) is 19.3. The maximum atomic E-state index is 13.4. The Morgan fingerprint density at radius 1 is 1.03 bits per heavy atom. The molecule has 0 radical (unpaired) electrons. The summed E-state index contributed by atoms with van der Waals surface area (Å²) in [6.07, 6.45) is 0.301. The van der Waals surface area contributed by atoms with Crippen molar-refractivity contribution in [2.45, 2.75) is 25.4 Å². The maximum Gasteiger partial charge on any atom is 0.259 e. The maximum absolute atomic E-state index is 13.4. The molecule has 0 saturated carbocycles. The molecule has 2 N–H and O–H groups in total. The number of carbonyl (C=O) groups excluding carboxylic acids is 3. The van der Waals surface area contributed by atoms with Gasteiger partial charge in [0.15, 0.2) is 5.17 Å². The molecule has 1 atom stereocenters. The molecular formula is C28H23ClFN5O3S. The van der Waals surface area contributed by atoms with Gasteiger partial charge in [0.1, 0.15) is 17.7 Å². The largest absolute Gasteiger partial charge is 0.352 e. The number of nitrogens with zero attached hydrogens (tertiary/aromatic N) is 3. The van der Waals surface area contributed by atoms with Crippen LogP contribution in [0.4, 0.5) is 15.8 Å². The van der Waals surface area contributed by atoms with Crippen LogP contribution >= 0.6 is 23.4 Å². The number of carbonyl (C=O) groups is 3. The molecule has 2 aliphatic rings. The van der Waals surface area contributed by atoms with Crippen molar-refractivity contribution < 1.29 is 18.8 Å². The van der Waals surface area contributed by atoms with Crippen molar-refractivity contribution in [3.05, 3.63) is 94.8 Å². The monoisotopic (exact) mass is 563 g/mol. The molecule has 198 valence electrons. The standard InChI is InChI=1S/C28H23ClFN5O3S/c29-18-4-3-5-20(14-18)32-25(37)16-39-28-34-22-7-2-1-6-21(22)26-33-23(27(38)35(26)28)12-13-24(36)31-15-17-8-10-19(30)11-9-17/h1-11,14,23H,12-13,15-16H2,(H,31,36)(H,32,37). The van der Waals surface area contributed by atoms with Gasteiger partial charge in [0, 0.05) is 29.2 Å². The van der Waals surface area contributed by atoms with Crippen LogP contribution in [-0.2, 0) is 20.9 Å². The van der Waals surface area contributed by atoms with Crippen molar-refractivity contribution in [2.75, 3.05) is 11.1 Å². The average Bonchev–Trinajstić information content (AvgIpc) is 3.26. The van der Waals surface area contributed by atoms with Crippen LogP contribution < -0.4 is 10.6 Å². The fourth-order valence-corrected chi connectivity index (χ4v) is 5.13. The van der Waals surface area contributed by atoms with Crippen molar-refractivity contribution >= 4 is 63.5 Å². The Balaban J connectivity index is 1.23. The van der Waals surface area contributed by atoms with E-state index >= 15 is 0 Å². The molecule has 0 fully saturated rings. The number of hydrogen-bond acceptors (Lipinski definition) is 6. The number of amides is 3. The van der Waals surface area contributed by atoms with Gasteiger partial charge in [-0.3, -0.25) is 19.4 Å². The number of fused-ring (bicyclic) bond motifs is 3. The highest BCUT2D eigenvalue weighted by Crippen LogP contribution is 2.34. The second kappa shape index (κ2) is 11.8. The minimum Gasteiger partial charge on any atom is -0.352 e. The van der Waals surface area contributed by atoms with Gasteiger partial charge in [-0.1, -0.05) is 53.7 Å². The molecule has 39 heavy (non-hydrogen) atoms. The first-order valence-corrected chi connectivity index (χ1v) is 13.5. The number of amidine groups is 2. The van der Waals surface area contributed by atoms with E-state index in [4.69, 9.17) is 11.6 Å². The molecule has 3 amide bonds. The summed E-state index contributed by atoms with van der Waals surface area (Å²) < 4.78 is 13.1. The first kappa shape index (κ1) is 26.6. The summed E-state index contributed by atoms with van der Waals surface area (Å²) in [5, 5.41) is 6.43. The van der Waals surface area contributed by atoms with Crippen LogP contribution in [0.2, 0.25) is 5.02 Å². The zero-order chi connectivity index (χ0) is 27.4. The second-order valence-corrected chi connectivity index (χ2v) is 10.2. The fraction of sp³-hybridized carbons (Fsp3) is 0.179. The molecule has 0 saturated heterocycles. The average molecular weight is 564 g/mol. The van der Waals surface area contributed by atoms with E-state index in [-0.39, 0.29) is 48.7 Å². The number of hydrogen-bond donors (Lipinski definition) is 2. The molecule has 11 heteroatoms. The molecule has 1 unspecified atom stereocenters. The molecule has 2 heterocycles. The highest BCUT2D eigenvalue weighted by Gasteiger charge is 2.41. The fourth-order valence-electron chi connectivity index (χ4n) is 4.14. The van der Waals surface area contributed by atoms with Gasteiger partial charge in [-0.25, -0.2) is 14.3 Å². The highest BCUT2D eigenvalue weighted by molar-refractivity contribution is 8.14. The third-order valence-corrected chi connectivity index (χ3v) is 7.21. The zero-order valence-electron chi connectivity index (χ0n) is 20.6. The predicted octanol–water partition coefficient (Wildman–Crippen LogP) is 4.91. The quantitative estimate of drug-likeness (QED) is 0.406. The first-order valence-electron chi connectivity index (χ1n) is 12.2. The predicted molar refractivity (Wildman–Crippen MR) is 151 cm³/mol. The Morgan fingerprint density at radius 3 is 2.62 bits per heavy atom. The lowest BCUT2D eigenvalue weighted by atomic mass is 10.1. The topological polar surface area (TPSA) is 103 Å². The molecule has 0 spiro atoms. The smallest absolute Gasteiger partial charge is 0.259 e. The summed E-state index contributed by atoms with van der Waals surface area (Å²) in [5.74, 6) is -0.680. The van der Waals surface area contributed by atoms with E-state index in [0.717, 1.165) is 17.3 Å². The Bertz CT molecular complexity index is 1490. The molecule has 0 aliphatic carbocycles. The third kappa shape index (κ3) is 6.35. The van der Waals surface area contributed by atoms with Crippen LogP contribution in [0.3, 0.4) is 0 Å². The van der Waals surface area contributed by atoms with Crippen LogP contribution in [0.1, 0.15) is 24.0 Å². The van der Waals surface area contributed by atoms with Gasteiger partial charge in [-0.05, 0) is 54.4 Å². The molecule has 2 aliphatic heterocycles. The Hall–Kier alpha value is -4.02. The van der Waals surface area contributed by atoms with Gasteiger partial charge in [-0.2, -0.15) is 0 Å². The molecule has 0 bridgehead atoms. The SMILES string of the molecule is O=C(CCC1N=C2c3ccccc3N=C(SCC(=O)Nc3cccc(Cl)c3)N2C1=O)NCc1ccc(F)cc1. The molecule has 5 rings (SSSR count). The van der Waals surface area contributed by atoms with Crippen LogP contribution in [0.15, 0.2) is 82.8 Å². The number of aliphatic imine (C=N–C) groups is 2. The Morgan fingerprint density at radius 2 is 1.82 bits per heavy atom. The summed E-state index contributed by atoms with van der Waals surface area (Å²) in [7, 11) is 0. The van der Waals surface area contributed by atoms with Gasteiger partial charge in [0.25, 0.3) is 5.91 Å². The Kier molecular flexibility index (Phi) is 8.04. The number of benzene rings is 3. The van der Waals surface area contributed by atoms with Crippen molar-refractivity contribution in [1.29, 1.82) is 0 Å². The molecule has 3 aromatic rings. The lowest BCUT2D eigenvalue weighted by molar-refractivity contribution is -0.125. The number of thioether (sulfide) groups is 1. The summed E-state index contributed by atoms with van der Waals surface area (Å²) in [4.78, 5) is 49.1. The normalized spacial score (nSPS) is 15.7.